The quantitative estimate of drug-likeness (QED) is 0.638. The maximum Gasteiger partial charge on any atom is 0.175 e. The zero-order chi connectivity index (χ0) is 15.6. The highest BCUT2D eigenvalue weighted by Crippen LogP contribution is 2.16. The van der Waals surface area contributed by atoms with Crippen LogP contribution in [0.5, 0.6) is 5.75 Å². The zero-order valence-electron chi connectivity index (χ0n) is 13.1. The van der Waals surface area contributed by atoms with Crippen molar-refractivity contribution >= 4 is 9.84 Å². The van der Waals surface area contributed by atoms with Gasteiger partial charge in [0.2, 0.25) is 0 Å². The van der Waals surface area contributed by atoms with Gasteiger partial charge in [-0.15, -0.1) is 0 Å². The van der Waals surface area contributed by atoms with Gasteiger partial charge >= 0.3 is 0 Å². The van der Waals surface area contributed by atoms with Gasteiger partial charge in [-0.25, -0.2) is 8.42 Å². The van der Waals surface area contributed by atoms with Gasteiger partial charge in [-0.3, -0.25) is 0 Å². The Labute approximate surface area is 128 Å². The molecule has 0 aliphatic rings. The van der Waals surface area contributed by atoms with Crippen LogP contribution in [0, 0.1) is 0 Å². The Hall–Kier alpha value is -1.07. The molecule has 1 rings (SSSR count). The van der Waals surface area contributed by atoms with E-state index in [0.29, 0.717) is 11.5 Å². The second-order valence-electron chi connectivity index (χ2n) is 5.26. The molecule has 1 N–H and O–H groups in total. The van der Waals surface area contributed by atoms with Gasteiger partial charge in [0.1, 0.15) is 5.75 Å². The predicted octanol–water partition coefficient (Wildman–Crippen LogP) is 3.03. The predicted molar refractivity (Wildman–Crippen MR) is 86.7 cm³/mol. The van der Waals surface area contributed by atoms with Gasteiger partial charge in [-0.05, 0) is 56.6 Å². The zero-order valence-corrected chi connectivity index (χ0v) is 13.9. The molecule has 0 radical (unpaired) electrons. The van der Waals surface area contributed by atoms with Crippen molar-refractivity contribution in [2.75, 3.05) is 26.0 Å². The van der Waals surface area contributed by atoms with E-state index in [2.05, 4.69) is 12.2 Å². The average molecular weight is 313 g/mol. The van der Waals surface area contributed by atoms with Crippen LogP contribution in [0.2, 0.25) is 0 Å². The Balaban J connectivity index is 2.10. The van der Waals surface area contributed by atoms with Crippen molar-refractivity contribution < 1.29 is 13.2 Å². The van der Waals surface area contributed by atoms with E-state index in [1.54, 1.807) is 24.3 Å². The first-order chi connectivity index (χ1) is 10.0. The smallest absolute Gasteiger partial charge is 0.175 e. The van der Waals surface area contributed by atoms with Gasteiger partial charge in [0.05, 0.1) is 11.5 Å². The molecule has 0 aliphatic carbocycles. The van der Waals surface area contributed by atoms with E-state index in [9.17, 15) is 8.42 Å². The molecular weight excluding hydrogens is 286 g/mol. The minimum atomic E-state index is -3.12. The third kappa shape index (κ3) is 8.07. The molecule has 0 unspecified atom stereocenters. The fourth-order valence-corrected chi connectivity index (χ4v) is 2.61. The summed E-state index contributed by atoms with van der Waals surface area (Å²) in [7, 11) is -3.12. The minimum absolute atomic E-state index is 0.328. The Morgan fingerprint density at radius 2 is 1.67 bits per heavy atom. The second kappa shape index (κ2) is 9.79. The molecule has 0 bridgehead atoms. The monoisotopic (exact) mass is 313 g/mol. The summed E-state index contributed by atoms with van der Waals surface area (Å²) in [6.07, 6.45) is 7.01. The van der Waals surface area contributed by atoms with Crippen molar-refractivity contribution in [2.45, 2.75) is 43.9 Å². The van der Waals surface area contributed by atoms with E-state index in [4.69, 9.17) is 4.74 Å². The first kappa shape index (κ1) is 18.0. The molecule has 0 amide bonds. The third-order valence-electron chi connectivity index (χ3n) is 3.20. The largest absolute Gasteiger partial charge is 0.494 e. The highest BCUT2D eigenvalue weighted by atomic mass is 32.2. The third-order valence-corrected chi connectivity index (χ3v) is 4.32. The molecule has 0 atom stereocenters. The standard InChI is InChI=1S/C16H27NO3S/c1-3-12-17-13-6-4-5-7-14-20-15-8-10-16(11-9-15)21(2,18)19/h8-11,17H,3-7,12-14H2,1-2H3. The van der Waals surface area contributed by atoms with E-state index < -0.39 is 9.84 Å². The van der Waals surface area contributed by atoms with Crippen molar-refractivity contribution in [2.24, 2.45) is 0 Å². The van der Waals surface area contributed by atoms with Crippen molar-refractivity contribution in [3.8, 4) is 5.75 Å². The van der Waals surface area contributed by atoms with Crippen molar-refractivity contribution in [1.29, 1.82) is 0 Å². The lowest BCUT2D eigenvalue weighted by Crippen LogP contribution is -2.15. The number of rotatable bonds is 11. The SMILES string of the molecule is CCCNCCCCCCOc1ccc(S(C)(=O)=O)cc1. The maximum atomic E-state index is 11.3. The molecule has 0 saturated heterocycles. The summed E-state index contributed by atoms with van der Waals surface area (Å²) in [6, 6.07) is 6.60. The summed E-state index contributed by atoms with van der Waals surface area (Å²) >= 11 is 0. The molecular formula is C16H27NO3S. The second-order valence-corrected chi connectivity index (χ2v) is 7.27. The van der Waals surface area contributed by atoms with Crippen molar-refractivity contribution in [3.05, 3.63) is 24.3 Å². The van der Waals surface area contributed by atoms with Crippen LogP contribution in [0.4, 0.5) is 0 Å². The van der Waals surface area contributed by atoms with Gasteiger partial charge in [-0.2, -0.15) is 0 Å². The molecule has 0 fully saturated rings. The van der Waals surface area contributed by atoms with E-state index >= 15 is 0 Å². The van der Waals surface area contributed by atoms with Gasteiger partial charge in [-0.1, -0.05) is 19.8 Å². The van der Waals surface area contributed by atoms with Crippen LogP contribution in [0.3, 0.4) is 0 Å². The number of sulfone groups is 1. The number of benzene rings is 1. The van der Waals surface area contributed by atoms with E-state index in [1.807, 2.05) is 0 Å². The molecule has 0 heterocycles. The summed E-state index contributed by atoms with van der Waals surface area (Å²) in [6.45, 7) is 5.06. The van der Waals surface area contributed by atoms with Crippen LogP contribution < -0.4 is 10.1 Å². The summed E-state index contributed by atoms with van der Waals surface area (Å²) in [5, 5.41) is 3.39. The summed E-state index contributed by atoms with van der Waals surface area (Å²) in [5.74, 6) is 0.729. The first-order valence-corrected chi connectivity index (χ1v) is 9.57. The fraction of sp³-hybridized carbons (Fsp3) is 0.625. The number of nitrogens with one attached hydrogen (secondary N) is 1. The molecule has 5 heteroatoms. The molecule has 21 heavy (non-hydrogen) atoms. The Morgan fingerprint density at radius 1 is 1.00 bits per heavy atom. The molecule has 4 nitrogen and oxygen atoms in total. The molecule has 0 aliphatic heterocycles. The van der Waals surface area contributed by atoms with E-state index in [1.165, 1.54) is 25.5 Å². The number of unbranched alkanes of at least 4 members (excludes halogenated alkanes) is 3. The Bertz CT molecular complexity index is 483. The van der Waals surface area contributed by atoms with Gasteiger partial charge in [0.15, 0.2) is 9.84 Å². The molecule has 1 aromatic rings. The van der Waals surface area contributed by atoms with Crippen LogP contribution in [-0.4, -0.2) is 34.4 Å². The number of hydrogen-bond donors (Lipinski definition) is 1. The van der Waals surface area contributed by atoms with Gasteiger partial charge < -0.3 is 10.1 Å². The lowest BCUT2D eigenvalue weighted by atomic mass is 10.2. The molecule has 0 saturated carbocycles. The van der Waals surface area contributed by atoms with Crippen LogP contribution in [0.1, 0.15) is 39.0 Å². The lowest BCUT2D eigenvalue weighted by molar-refractivity contribution is 0.304. The van der Waals surface area contributed by atoms with Crippen LogP contribution in [0.15, 0.2) is 29.2 Å². The molecule has 1 aromatic carbocycles. The topological polar surface area (TPSA) is 55.4 Å². The van der Waals surface area contributed by atoms with E-state index in [0.717, 1.165) is 31.7 Å². The lowest BCUT2D eigenvalue weighted by Gasteiger charge is -2.07. The minimum Gasteiger partial charge on any atom is -0.494 e. The molecule has 0 spiro atoms. The summed E-state index contributed by atoms with van der Waals surface area (Å²) < 4.78 is 28.3. The van der Waals surface area contributed by atoms with Gasteiger partial charge in [0.25, 0.3) is 0 Å². The van der Waals surface area contributed by atoms with Crippen LogP contribution >= 0.6 is 0 Å². The Kier molecular flexibility index (Phi) is 8.38. The molecule has 0 aromatic heterocycles. The Morgan fingerprint density at radius 3 is 2.29 bits per heavy atom. The van der Waals surface area contributed by atoms with Gasteiger partial charge in [0, 0.05) is 6.26 Å². The maximum absolute atomic E-state index is 11.3. The normalized spacial score (nSPS) is 11.5. The summed E-state index contributed by atoms with van der Waals surface area (Å²) in [4.78, 5) is 0.328. The van der Waals surface area contributed by atoms with E-state index in [-0.39, 0.29) is 0 Å². The van der Waals surface area contributed by atoms with Crippen molar-refractivity contribution in [3.63, 3.8) is 0 Å². The fourth-order valence-electron chi connectivity index (χ4n) is 1.98. The number of ether oxygens (including phenoxy) is 1. The highest BCUT2D eigenvalue weighted by molar-refractivity contribution is 7.90. The molecule has 120 valence electrons. The number of hydrogen-bond acceptors (Lipinski definition) is 4. The van der Waals surface area contributed by atoms with Crippen LogP contribution in [-0.2, 0) is 9.84 Å². The van der Waals surface area contributed by atoms with Crippen LogP contribution in [0.25, 0.3) is 0 Å². The van der Waals surface area contributed by atoms with Crippen molar-refractivity contribution in [1.82, 2.24) is 5.32 Å². The highest BCUT2D eigenvalue weighted by Gasteiger charge is 2.06. The first-order valence-electron chi connectivity index (χ1n) is 7.67. The summed E-state index contributed by atoms with van der Waals surface area (Å²) in [5.41, 5.74) is 0. The average Bonchev–Trinajstić information content (AvgIpc) is 2.45.